The molecule has 0 unspecified atom stereocenters. The van der Waals surface area contributed by atoms with Crippen LogP contribution in [0, 0.1) is 11.3 Å². The van der Waals surface area contributed by atoms with E-state index in [0.717, 1.165) is 0 Å². The number of fused-ring (bicyclic) bond motifs is 1. The zero-order valence-electron chi connectivity index (χ0n) is 11.2. The number of pyridine rings is 1. The van der Waals surface area contributed by atoms with Crippen molar-refractivity contribution < 1.29 is 0 Å². The zero-order chi connectivity index (χ0) is 16.7. The van der Waals surface area contributed by atoms with Gasteiger partial charge in [-0.2, -0.15) is 5.26 Å². The van der Waals surface area contributed by atoms with Crippen LogP contribution < -0.4 is 16.8 Å². The standard InChI is InChI=1S/C14H6Cl2N4O3/c15-5-1-2-6(8(16)3-5)9-7(4-17)12(21)18-11-10(9)13(22)20-14(23)19-11/h1-3H,(H3,18,19,20,21,22,23). The smallest absolute Gasteiger partial charge is 0.307 e. The molecule has 0 aliphatic rings. The Morgan fingerprint density at radius 1 is 1.00 bits per heavy atom. The minimum atomic E-state index is -0.781. The summed E-state index contributed by atoms with van der Waals surface area (Å²) in [6.07, 6.45) is 0. The maximum absolute atomic E-state index is 12.2. The third-order valence-corrected chi connectivity index (χ3v) is 3.77. The summed E-state index contributed by atoms with van der Waals surface area (Å²) in [6.45, 7) is 0. The van der Waals surface area contributed by atoms with Gasteiger partial charge >= 0.3 is 5.69 Å². The second-order valence-electron chi connectivity index (χ2n) is 4.60. The highest BCUT2D eigenvalue weighted by Crippen LogP contribution is 2.33. The van der Waals surface area contributed by atoms with Crippen molar-refractivity contribution in [3.8, 4) is 17.2 Å². The second kappa shape index (κ2) is 5.43. The SMILES string of the molecule is N#Cc1c(-c2ccc(Cl)cc2Cl)c2c(=O)[nH]c(=O)[nH]c2[nH]c1=O. The Hall–Kier alpha value is -2.82. The number of aromatic nitrogens is 3. The summed E-state index contributed by atoms with van der Waals surface area (Å²) in [5.41, 5.74) is -2.36. The highest BCUT2D eigenvalue weighted by Gasteiger charge is 2.19. The molecule has 3 N–H and O–H groups in total. The Labute approximate surface area is 137 Å². The third-order valence-electron chi connectivity index (χ3n) is 3.22. The number of H-pyrrole nitrogens is 3. The molecule has 3 rings (SSSR count). The van der Waals surface area contributed by atoms with E-state index in [2.05, 4.69) is 15.0 Å². The summed E-state index contributed by atoms with van der Waals surface area (Å²) < 4.78 is 0. The maximum Gasteiger partial charge on any atom is 0.327 e. The van der Waals surface area contributed by atoms with Gasteiger partial charge in [0.2, 0.25) is 0 Å². The van der Waals surface area contributed by atoms with Gasteiger partial charge in [0, 0.05) is 21.2 Å². The lowest BCUT2D eigenvalue weighted by Gasteiger charge is -2.09. The van der Waals surface area contributed by atoms with Gasteiger partial charge in [-0.1, -0.05) is 29.3 Å². The van der Waals surface area contributed by atoms with Gasteiger partial charge < -0.3 is 4.98 Å². The molecule has 0 aliphatic carbocycles. The van der Waals surface area contributed by atoms with Gasteiger partial charge in [-0.25, -0.2) is 4.79 Å². The van der Waals surface area contributed by atoms with E-state index in [1.165, 1.54) is 18.2 Å². The molecule has 2 aromatic heterocycles. The lowest BCUT2D eigenvalue weighted by Crippen LogP contribution is -2.26. The first kappa shape index (κ1) is 15.1. The van der Waals surface area contributed by atoms with Gasteiger partial charge in [0.25, 0.3) is 11.1 Å². The number of rotatable bonds is 1. The van der Waals surface area contributed by atoms with Crippen LogP contribution in [-0.2, 0) is 0 Å². The van der Waals surface area contributed by atoms with Crippen LogP contribution in [0.15, 0.2) is 32.6 Å². The van der Waals surface area contributed by atoms with E-state index in [9.17, 15) is 19.6 Å². The van der Waals surface area contributed by atoms with Crippen LogP contribution >= 0.6 is 23.2 Å². The van der Waals surface area contributed by atoms with Crippen LogP contribution in [0.3, 0.4) is 0 Å². The molecule has 23 heavy (non-hydrogen) atoms. The first-order chi connectivity index (χ1) is 10.9. The van der Waals surface area contributed by atoms with Gasteiger partial charge in [-0.15, -0.1) is 0 Å². The van der Waals surface area contributed by atoms with Crippen LogP contribution in [0.2, 0.25) is 10.0 Å². The summed E-state index contributed by atoms with van der Waals surface area (Å²) in [5, 5.41) is 9.75. The van der Waals surface area contributed by atoms with E-state index >= 15 is 0 Å². The molecule has 114 valence electrons. The van der Waals surface area contributed by atoms with E-state index in [1.807, 2.05) is 0 Å². The number of halogens is 2. The quantitative estimate of drug-likeness (QED) is 0.619. The molecule has 7 nitrogen and oxygen atoms in total. The summed E-state index contributed by atoms with van der Waals surface area (Å²) >= 11 is 12.0. The Kier molecular flexibility index (Phi) is 3.56. The van der Waals surface area contributed by atoms with E-state index in [-0.39, 0.29) is 32.7 Å². The molecular weight excluding hydrogens is 343 g/mol. The van der Waals surface area contributed by atoms with Crippen molar-refractivity contribution in [1.29, 1.82) is 5.26 Å². The number of nitriles is 1. The summed E-state index contributed by atoms with van der Waals surface area (Å²) in [6, 6.07) is 6.18. The van der Waals surface area contributed by atoms with E-state index in [4.69, 9.17) is 23.2 Å². The minimum absolute atomic E-state index is 0.0328. The third kappa shape index (κ3) is 2.44. The molecule has 0 saturated carbocycles. The summed E-state index contributed by atoms with van der Waals surface area (Å²) in [4.78, 5) is 42.3. The summed E-state index contributed by atoms with van der Waals surface area (Å²) in [7, 11) is 0. The number of nitrogens with one attached hydrogen (secondary N) is 3. The van der Waals surface area contributed by atoms with Crippen molar-refractivity contribution in [2.75, 3.05) is 0 Å². The fourth-order valence-corrected chi connectivity index (χ4v) is 2.80. The lowest BCUT2D eigenvalue weighted by atomic mass is 9.98. The molecule has 0 aliphatic heterocycles. The van der Waals surface area contributed by atoms with E-state index < -0.39 is 16.8 Å². The van der Waals surface area contributed by atoms with Crippen molar-refractivity contribution in [2.45, 2.75) is 0 Å². The number of nitrogens with zero attached hydrogens (tertiary/aromatic N) is 1. The molecule has 9 heteroatoms. The molecule has 0 fully saturated rings. The van der Waals surface area contributed by atoms with Gasteiger partial charge in [0.1, 0.15) is 17.3 Å². The number of hydrogen-bond donors (Lipinski definition) is 3. The Morgan fingerprint density at radius 3 is 2.39 bits per heavy atom. The highest BCUT2D eigenvalue weighted by atomic mass is 35.5. The van der Waals surface area contributed by atoms with E-state index in [0.29, 0.717) is 5.02 Å². The molecule has 0 spiro atoms. The maximum atomic E-state index is 12.2. The first-order valence-corrected chi connectivity index (χ1v) is 6.96. The van der Waals surface area contributed by atoms with Crippen molar-refractivity contribution in [3.05, 3.63) is 65.0 Å². The Morgan fingerprint density at radius 2 is 1.74 bits per heavy atom. The van der Waals surface area contributed by atoms with Crippen LogP contribution in [0.4, 0.5) is 0 Å². The first-order valence-electron chi connectivity index (χ1n) is 6.20. The fourth-order valence-electron chi connectivity index (χ4n) is 2.30. The van der Waals surface area contributed by atoms with Crippen molar-refractivity contribution in [1.82, 2.24) is 15.0 Å². The van der Waals surface area contributed by atoms with Gasteiger partial charge in [-0.05, 0) is 12.1 Å². The predicted octanol–water partition coefficient (Wildman–Crippen LogP) is 1.75. The molecule has 1 aromatic carbocycles. The number of benzene rings is 1. The van der Waals surface area contributed by atoms with Crippen LogP contribution in [-0.4, -0.2) is 15.0 Å². The zero-order valence-corrected chi connectivity index (χ0v) is 12.7. The van der Waals surface area contributed by atoms with Crippen molar-refractivity contribution >= 4 is 34.2 Å². The van der Waals surface area contributed by atoms with Gasteiger partial charge in [0.15, 0.2) is 0 Å². The van der Waals surface area contributed by atoms with Gasteiger partial charge in [-0.3, -0.25) is 19.6 Å². The second-order valence-corrected chi connectivity index (χ2v) is 5.44. The predicted molar refractivity (Wildman–Crippen MR) is 86.0 cm³/mol. The fraction of sp³-hybridized carbons (Fsp3) is 0. The molecule has 3 aromatic rings. The summed E-state index contributed by atoms with van der Waals surface area (Å²) in [5.74, 6) is 0. The average Bonchev–Trinajstić information content (AvgIpc) is 2.45. The molecule has 0 bridgehead atoms. The Balaban J connectivity index is 2.62. The minimum Gasteiger partial charge on any atom is -0.307 e. The topological polar surface area (TPSA) is 122 Å². The van der Waals surface area contributed by atoms with Gasteiger partial charge in [0.05, 0.1) is 5.39 Å². The normalized spacial score (nSPS) is 10.7. The molecule has 2 heterocycles. The number of hydrogen-bond acceptors (Lipinski definition) is 4. The lowest BCUT2D eigenvalue weighted by molar-refractivity contribution is 1.05. The van der Waals surface area contributed by atoms with Crippen LogP contribution in [0.5, 0.6) is 0 Å². The molecule has 0 radical (unpaired) electrons. The molecular formula is C14H6Cl2N4O3. The largest absolute Gasteiger partial charge is 0.327 e. The monoisotopic (exact) mass is 348 g/mol. The Bertz CT molecular complexity index is 1170. The van der Waals surface area contributed by atoms with E-state index in [1.54, 1.807) is 6.07 Å². The molecule has 0 amide bonds. The number of aromatic amines is 3. The highest BCUT2D eigenvalue weighted by molar-refractivity contribution is 6.36. The van der Waals surface area contributed by atoms with Crippen LogP contribution in [0.25, 0.3) is 22.2 Å². The van der Waals surface area contributed by atoms with Crippen LogP contribution in [0.1, 0.15) is 5.56 Å². The van der Waals surface area contributed by atoms with Crippen molar-refractivity contribution in [3.63, 3.8) is 0 Å². The van der Waals surface area contributed by atoms with Crippen molar-refractivity contribution in [2.24, 2.45) is 0 Å². The average molecular weight is 349 g/mol. The molecule has 0 saturated heterocycles. The molecule has 0 atom stereocenters.